The number of amides is 2. The minimum atomic E-state index is -0.484. The Bertz CT molecular complexity index is 3230. The maximum atomic E-state index is 12.4. The van der Waals surface area contributed by atoms with Gasteiger partial charge in [0.25, 0.3) is 0 Å². The van der Waals surface area contributed by atoms with Crippen molar-refractivity contribution in [3.63, 3.8) is 0 Å². The molecule has 0 unspecified atom stereocenters. The first-order valence-corrected chi connectivity index (χ1v) is 27.4. The first-order chi connectivity index (χ1) is 38.2. The van der Waals surface area contributed by atoms with Crippen LogP contribution in [0.2, 0.25) is 0 Å². The van der Waals surface area contributed by atoms with Gasteiger partial charge in [-0.1, -0.05) is 153 Å². The van der Waals surface area contributed by atoms with Crippen molar-refractivity contribution in [3.8, 4) is 0 Å². The van der Waals surface area contributed by atoms with Gasteiger partial charge in [-0.2, -0.15) is 9.97 Å². The summed E-state index contributed by atoms with van der Waals surface area (Å²) in [5.74, 6) is 0.481. The molecule has 0 aliphatic carbocycles. The van der Waals surface area contributed by atoms with Crippen molar-refractivity contribution < 1.29 is 19.2 Å². The molecule has 8 rings (SSSR count). The largest absolute Gasteiger partial charge is 0.385 e. The second-order valence-corrected chi connectivity index (χ2v) is 18.9. The summed E-state index contributed by atoms with van der Waals surface area (Å²) in [6.07, 6.45) is 11.0. The van der Waals surface area contributed by atoms with Gasteiger partial charge in [-0.3, -0.25) is 38.3 Å². The number of nitrogens with two attached hydrogens (primary N) is 1. The van der Waals surface area contributed by atoms with Crippen LogP contribution in [-0.4, -0.2) is 72.5 Å². The number of ketones is 1. The first kappa shape index (κ1) is 63.3. The van der Waals surface area contributed by atoms with E-state index in [9.17, 15) is 38.4 Å². The molecule has 0 bridgehead atoms. The molecule has 22 heteroatoms. The quantitative estimate of drug-likeness (QED) is 0.0279. The number of Topliss-reactive ketones (excluding diaryl/α,β-unsaturated/α-hetero) is 1. The van der Waals surface area contributed by atoms with Crippen molar-refractivity contribution in [2.24, 2.45) is 0 Å². The van der Waals surface area contributed by atoms with Crippen LogP contribution in [-0.2, 0) is 64.4 Å². The molecule has 0 saturated heterocycles. The number of nitrogens with zero attached hydrogens (tertiary/aromatic N) is 6. The number of benzene rings is 4. The van der Waals surface area contributed by atoms with Crippen LogP contribution in [0.15, 0.2) is 190 Å². The number of nitrogens with one attached hydrogen (secondary N) is 4. The number of anilines is 3. The van der Waals surface area contributed by atoms with E-state index in [1.807, 2.05) is 121 Å². The second kappa shape index (κ2) is 36.7. The van der Waals surface area contributed by atoms with E-state index in [-0.39, 0.29) is 47.9 Å². The Labute approximate surface area is 477 Å². The molecule has 0 radical (unpaired) electrons. The van der Waals surface area contributed by atoms with E-state index in [0.29, 0.717) is 56.1 Å². The van der Waals surface area contributed by atoms with Crippen LogP contribution in [0, 0.1) is 0 Å². The highest BCUT2D eigenvalue weighted by Gasteiger charge is 2.10. The van der Waals surface area contributed by atoms with Crippen molar-refractivity contribution in [1.29, 1.82) is 0 Å². The minimum Gasteiger partial charge on any atom is -0.385 e. The molecule has 4 aromatic carbocycles. The maximum Gasteiger partial charge on any atom is 0.349 e. The number of rotatable bonds is 20. The molecule has 0 aliphatic heterocycles. The summed E-state index contributed by atoms with van der Waals surface area (Å²) in [5, 5.41) is 7.21. The summed E-state index contributed by atoms with van der Waals surface area (Å²) < 4.78 is 2.97. The SMILES string of the molecule is BrCCCCBr.Nc1ccnc(=O)[nH]1.O=C(Cc1ccccc1)Cc1ccn(CCCCn2ccc(NC(=O)Cc3ccccc3)nc2=O)c(=O)n1.O=C(Cc1ccccc1)Nc1ccnc(=O)[nH]1.O=C(Cl)Cc1ccccc1. The van der Waals surface area contributed by atoms with E-state index in [2.05, 4.69) is 72.4 Å². The lowest BCUT2D eigenvalue weighted by atomic mass is 10.1. The highest BCUT2D eigenvalue weighted by atomic mass is 79.9. The number of hydrogen-bond donors (Lipinski definition) is 5. The molecule has 0 spiro atoms. The molecular weight excluding hydrogens is 1160 g/mol. The highest BCUT2D eigenvalue weighted by molar-refractivity contribution is 9.09. The summed E-state index contributed by atoms with van der Waals surface area (Å²) >= 11 is 11.8. The van der Waals surface area contributed by atoms with Crippen molar-refractivity contribution in [2.45, 2.75) is 70.9 Å². The van der Waals surface area contributed by atoms with Gasteiger partial charge < -0.3 is 16.4 Å². The third-order valence-electron chi connectivity index (χ3n) is 10.5. The lowest BCUT2D eigenvalue weighted by Gasteiger charge is -2.09. The summed E-state index contributed by atoms with van der Waals surface area (Å²) in [5.41, 5.74) is 7.56. The number of H-pyrrole nitrogens is 2. The number of carbonyl (C=O) groups excluding carboxylic acids is 4. The number of hydrogen-bond acceptors (Lipinski definition) is 13. The fourth-order valence-corrected chi connectivity index (χ4v) is 7.71. The van der Waals surface area contributed by atoms with E-state index < -0.39 is 22.8 Å². The van der Waals surface area contributed by atoms with E-state index in [0.717, 1.165) is 32.9 Å². The van der Waals surface area contributed by atoms with Gasteiger partial charge in [0.1, 0.15) is 23.2 Å². The Kier molecular flexibility index (Phi) is 29.4. The zero-order valence-corrected chi connectivity index (χ0v) is 46.9. The molecule has 19 nitrogen and oxygen atoms in total. The standard InChI is InChI=1S/C29H29N5O4.C12H11N3O2.C8H7ClO.C4H8Br2.C4H5N3O/c35-25(19-22-9-3-1-4-10-22)21-24-13-17-33(28(37)30-24)15-7-8-16-34-18-14-26(32-29(34)38)31-27(36)20-23-11-5-2-6-12-23;16-11(8-9-4-2-1-3-5-9)14-10-6-7-13-12(17)15-10;9-8(10)6-7-4-2-1-3-5-7;5-3-1-2-4-6;5-3-1-2-6-4(8)7-3/h1-6,9-14,17-18H,7-8,15-16,19-21H2,(H,31,32,36,38);1-7H,8H2,(H2,13,14,15,16,17);1-5H,6H2;1-4H2;1-2H,(H3,5,6,7,8). The molecule has 412 valence electrons. The Hall–Kier alpha value is -8.27. The van der Waals surface area contributed by atoms with E-state index in [1.54, 1.807) is 24.5 Å². The fraction of sp³-hybridized carbons (Fsp3) is 0.228. The van der Waals surface area contributed by atoms with Gasteiger partial charge >= 0.3 is 22.8 Å². The monoisotopic (exact) mass is 1220 g/mol. The van der Waals surface area contributed by atoms with Gasteiger partial charge in [-0.05, 0) is 83.8 Å². The number of aromatic nitrogens is 8. The molecule has 0 atom stereocenters. The minimum absolute atomic E-state index is 0.00156. The second-order valence-electron chi connectivity index (χ2n) is 16.9. The van der Waals surface area contributed by atoms with E-state index in [4.69, 9.17) is 17.3 Å². The first-order valence-electron chi connectivity index (χ1n) is 24.8. The number of carbonyl (C=O) groups is 4. The van der Waals surface area contributed by atoms with Crippen LogP contribution in [0.25, 0.3) is 0 Å². The van der Waals surface area contributed by atoms with Crippen molar-refractivity contribution in [3.05, 3.63) is 240 Å². The Morgan fingerprint density at radius 3 is 1.38 bits per heavy atom. The van der Waals surface area contributed by atoms with Crippen molar-refractivity contribution >= 4 is 83.8 Å². The van der Waals surface area contributed by atoms with Gasteiger partial charge in [0, 0.05) is 67.8 Å². The average Bonchev–Trinajstić information content (AvgIpc) is 3.42. The highest BCUT2D eigenvalue weighted by Crippen LogP contribution is 2.08. The van der Waals surface area contributed by atoms with E-state index >= 15 is 0 Å². The zero-order valence-electron chi connectivity index (χ0n) is 43.0. The van der Waals surface area contributed by atoms with Crippen LogP contribution in [0.1, 0.15) is 53.6 Å². The molecular formula is C57H60Br2ClN11O8. The number of alkyl halides is 2. The molecule has 2 amide bonds. The number of aromatic amines is 2. The lowest BCUT2D eigenvalue weighted by molar-refractivity contribution is -0.118. The molecule has 0 saturated carbocycles. The molecule has 0 aliphatic rings. The molecule has 8 aromatic rings. The van der Waals surface area contributed by atoms with Gasteiger partial charge in [0.15, 0.2) is 0 Å². The molecule has 79 heavy (non-hydrogen) atoms. The van der Waals surface area contributed by atoms with Crippen LogP contribution in [0.4, 0.5) is 17.5 Å². The predicted molar refractivity (Wildman–Crippen MR) is 315 cm³/mol. The zero-order chi connectivity index (χ0) is 57.0. The topological polar surface area (TPSA) is 280 Å². The summed E-state index contributed by atoms with van der Waals surface area (Å²) in [6.45, 7) is 0.873. The predicted octanol–water partition coefficient (Wildman–Crippen LogP) is 7.67. The number of aryl methyl sites for hydroxylation is 2. The Morgan fingerprint density at radius 2 is 0.949 bits per heavy atom. The fourth-order valence-electron chi connectivity index (χ4n) is 6.77. The number of unbranched alkanes of at least 4 members (excludes halogenated alkanes) is 2. The van der Waals surface area contributed by atoms with Gasteiger partial charge in [0.05, 0.1) is 18.5 Å². The van der Waals surface area contributed by atoms with Crippen molar-refractivity contribution in [1.82, 2.24) is 39.0 Å². The van der Waals surface area contributed by atoms with Gasteiger partial charge in [0.2, 0.25) is 17.1 Å². The summed E-state index contributed by atoms with van der Waals surface area (Å²) in [4.78, 5) is 112. The van der Waals surface area contributed by atoms with Crippen molar-refractivity contribution in [2.75, 3.05) is 27.0 Å². The molecule has 6 N–H and O–H groups in total. The third kappa shape index (κ3) is 27.6. The van der Waals surface area contributed by atoms with Crippen LogP contribution in [0.5, 0.6) is 0 Å². The molecule has 4 heterocycles. The van der Waals surface area contributed by atoms with E-state index in [1.165, 1.54) is 46.5 Å². The van der Waals surface area contributed by atoms with Crippen LogP contribution < -0.4 is 39.1 Å². The number of halogens is 3. The summed E-state index contributed by atoms with van der Waals surface area (Å²) in [6, 6.07) is 43.9. The van der Waals surface area contributed by atoms with Crippen LogP contribution >= 0.6 is 43.5 Å². The lowest BCUT2D eigenvalue weighted by Crippen LogP contribution is -2.26. The molecule has 4 aromatic heterocycles. The summed E-state index contributed by atoms with van der Waals surface area (Å²) in [7, 11) is 0. The Balaban J connectivity index is 0.000000265. The average molecular weight is 1220 g/mol. The Morgan fingerprint density at radius 1 is 0.506 bits per heavy atom. The number of nitrogen functional groups attached to an aromatic ring is 1. The maximum absolute atomic E-state index is 12.4. The smallest absolute Gasteiger partial charge is 0.349 e. The normalized spacial score (nSPS) is 10.1. The van der Waals surface area contributed by atoms with Crippen LogP contribution in [0.3, 0.4) is 0 Å². The third-order valence-corrected chi connectivity index (χ3v) is 11.8. The van der Waals surface area contributed by atoms with Gasteiger partial charge in [-0.15, -0.1) is 0 Å². The van der Waals surface area contributed by atoms with Gasteiger partial charge in [-0.25, -0.2) is 29.1 Å². The molecule has 0 fully saturated rings.